The van der Waals surface area contributed by atoms with Gasteiger partial charge in [0.15, 0.2) is 0 Å². The van der Waals surface area contributed by atoms with Crippen LogP contribution in [0.25, 0.3) is 0 Å². The fourth-order valence-corrected chi connectivity index (χ4v) is 1.46. The largest absolute Gasteiger partial charge is 0.330 e. The van der Waals surface area contributed by atoms with E-state index in [1.807, 2.05) is 24.1 Å². The third-order valence-electron chi connectivity index (χ3n) is 2.37. The molecule has 0 amide bonds. The molecular formula is C10H16N6. The van der Waals surface area contributed by atoms with Crippen molar-refractivity contribution in [1.29, 1.82) is 0 Å². The van der Waals surface area contributed by atoms with Crippen LogP contribution >= 0.6 is 0 Å². The number of hydrogen-bond donors (Lipinski definition) is 1. The predicted octanol–water partition coefficient (Wildman–Crippen LogP) is 0.169. The summed E-state index contributed by atoms with van der Waals surface area (Å²) in [7, 11) is 1.89. The average Bonchev–Trinajstić information content (AvgIpc) is 2.87. The van der Waals surface area contributed by atoms with E-state index in [9.17, 15) is 0 Å². The van der Waals surface area contributed by atoms with E-state index in [0.29, 0.717) is 6.54 Å². The van der Waals surface area contributed by atoms with Crippen LogP contribution in [-0.4, -0.2) is 30.9 Å². The predicted molar refractivity (Wildman–Crippen MR) is 59.7 cm³/mol. The standard InChI is InChI=1S/C10H16N6/c1-3-11-4-9-5-16(8-13-9)6-10-12-7-14-15(10)2/h5,7-8,11H,3-4,6H2,1-2H3. The molecule has 0 saturated heterocycles. The van der Waals surface area contributed by atoms with Crippen LogP contribution in [0.2, 0.25) is 0 Å². The van der Waals surface area contributed by atoms with E-state index in [4.69, 9.17) is 0 Å². The maximum atomic E-state index is 4.31. The molecule has 0 bridgehead atoms. The summed E-state index contributed by atoms with van der Waals surface area (Å²) in [5, 5.41) is 7.27. The summed E-state index contributed by atoms with van der Waals surface area (Å²) < 4.78 is 3.78. The molecular weight excluding hydrogens is 204 g/mol. The van der Waals surface area contributed by atoms with Gasteiger partial charge < -0.3 is 9.88 Å². The maximum Gasteiger partial charge on any atom is 0.146 e. The molecule has 86 valence electrons. The molecule has 2 rings (SSSR count). The molecule has 0 atom stereocenters. The van der Waals surface area contributed by atoms with Gasteiger partial charge in [0.25, 0.3) is 0 Å². The van der Waals surface area contributed by atoms with Gasteiger partial charge in [0.1, 0.15) is 12.2 Å². The van der Waals surface area contributed by atoms with Crippen molar-refractivity contribution in [2.24, 2.45) is 7.05 Å². The molecule has 0 unspecified atom stereocenters. The minimum Gasteiger partial charge on any atom is -0.330 e. The van der Waals surface area contributed by atoms with E-state index in [0.717, 1.165) is 24.6 Å². The van der Waals surface area contributed by atoms with E-state index in [1.165, 1.54) is 0 Å². The minimum absolute atomic E-state index is 0.704. The van der Waals surface area contributed by atoms with Crippen molar-refractivity contribution in [3.8, 4) is 0 Å². The quantitative estimate of drug-likeness (QED) is 0.780. The highest BCUT2D eigenvalue weighted by Crippen LogP contribution is 2.00. The molecule has 2 aromatic heterocycles. The van der Waals surface area contributed by atoms with E-state index in [-0.39, 0.29) is 0 Å². The molecule has 2 heterocycles. The summed E-state index contributed by atoms with van der Waals surface area (Å²) in [6.07, 6.45) is 5.41. The second-order valence-electron chi connectivity index (χ2n) is 3.62. The lowest BCUT2D eigenvalue weighted by atomic mass is 10.4. The van der Waals surface area contributed by atoms with Crippen LogP contribution in [0, 0.1) is 0 Å². The molecule has 2 aromatic rings. The molecule has 1 N–H and O–H groups in total. The lowest BCUT2D eigenvalue weighted by molar-refractivity contribution is 0.652. The molecule has 0 radical (unpaired) electrons. The number of rotatable bonds is 5. The van der Waals surface area contributed by atoms with Crippen molar-refractivity contribution >= 4 is 0 Å². The van der Waals surface area contributed by atoms with Gasteiger partial charge in [0, 0.05) is 19.8 Å². The van der Waals surface area contributed by atoms with Crippen molar-refractivity contribution in [1.82, 2.24) is 29.6 Å². The molecule has 0 aliphatic carbocycles. The first-order valence-corrected chi connectivity index (χ1v) is 5.34. The van der Waals surface area contributed by atoms with Gasteiger partial charge in [0.05, 0.1) is 18.6 Å². The summed E-state index contributed by atoms with van der Waals surface area (Å²) in [5.74, 6) is 0.924. The Labute approximate surface area is 94.3 Å². The molecule has 0 aliphatic heterocycles. The number of nitrogens with zero attached hydrogens (tertiary/aromatic N) is 5. The first-order valence-electron chi connectivity index (χ1n) is 5.34. The molecule has 0 aliphatic rings. The molecule has 0 saturated carbocycles. The molecule has 6 nitrogen and oxygen atoms in total. The van der Waals surface area contributed by atoms with Crippen molar-refractivity contribution in [2.75, 3.05) is 6.54 Å². The van der Waals surface area contributed by atoms with Gasteiger partial charge >= 0.3 is 0 Å². The number of imidazole rings is 1. The number of nitrogens with one attached hydrogen (secondary N) is 1. The van der Waals surface area contributed by atoms with E-state index >= 15 is 0 Å². The van der Waals surface area contributed by atoms with Gasteiger partial charge in [-0.1, -0.05) is 6.92 Å². The van der Waals surface area contributed by atoms with Crippen LogP contribution in [0.4, 0.5) is 0 Å². The maximum absolute atomic E-state index is 4.31. The van der Waals surface area contributed by atoms with Crippen LogP contribution in [0.1, 0.15) is 18.4 Å². The lowest BCUT2D eigenvalue weighted by Gasteiger charge is -2.00. The summed E-state index contributed by atoms with van der Waals surface area (Å²) in [6.45, 7) is 4.55. The first-order chi connectivity index (χ1) is 7.79. The SMILES string of the molecule is CCNCc1cn(Cc2ncnn2C)cn1. The summed E-state index contributed by atoms with van der Waals surface area (Å²) in [4.78, 5) is 8.48. The topological polar surface area (TPSA) is 60.6 Å². The third-order valence-corrected chi connectivity index (χ3v) is 2.37. The van der Waals surface area contributed by atoms with Crippen molar-refractivity contribution in [2.45, 2.75) is 20.0 Å². The van der Waals surface area contributed by atoms with Crippen LogP contribution in [-0.2, 0) is 20.1 Å². The van der Waals surface area contributed by atoms with Crippen molar-refractivity contribution in [3.05, 3.63) is 30.4 Å². The Hall–Kier alpha value is -1.69. The zero-order valence-electron chi connectivity index (χ0n) is 9.59. The minimum atomic E-state index is 0.704. The molecule has 0 spiro atoms. The van der Waals surface area contributed by atoms with Crippen LogP contribution < -0.4 is 5.32 Å². The highest BCUT2D eigenvalue weighted by atomic mass is 15.3. The fourth-order valence-electron chi connectivity index (χ4n) is 1.46. The van der Waals surface area contributed by atoms with Gasteiger partial charge in [-0.2, -0.15) is 5.10 Å². The van der Waals surface area contributed by atoms with E-state index < -0.39 is 0 Å². The van der Waals surface area contributed by atoms with E-state index in [1.54, 1.807) is 11.0 Å². The number of hydrogen-bond acceptors (Lipinski definition) is 4. The Balaban J connectivity index is 2.00. The summed E-state index contributed by atoms with van der Waals surface area (Å²) in [5.41, 5.74) is 1.05. The summed E-state index contributed by atoms with van der Waals surface area (Å²) >= 11 is 0. The monoisotopic (exact) mass is 220 g/mol. The van der Waals surface area contributed by atoms with E-state index in [2.05, 4.69) is 27.3 Å². The lowest BCUT2D eigenvalue weighted by Crippen LogP contribution is -2.11. The van der Waals surface area contributed by atoms with Crippen LogP contribution in [0.5, 0.6) is 0 Å². The fraction of sp³-hybridized carbons (Fsp3) is 0.500. The molecule has 6 heteroatoms. The number of aromatic nitrogens is 5. The molecule has 0 aromatic carbocycles. The second-order valence-corrected chi connectivity index (χ2v) is 3.62. The first kappa shape index (κ1) is 10.8. The smallest absolute Gasteiger partial charge is 0.146 e. The zero-order chi connectivity index (χ0) is 11.4. The summed E-state index contributed by atoms with van der Waals surface area (Å²) in [6, 6.07) is 0. The van der Waals surface area contributed by atoms with Gasteiger partial charge in [0.2, 0.25) is 0 Å². The van der Waals surface area contributed by atoms with Gasteiger partial charge in [-0.3, -0.25) is 4.68 Å². The van der Waals surface area contributed by atoms with Crippen molar-refractivity contribution in [3.63, 3.8) is 0 Å². The number of aryl methyl sites for hydroxylation is 1. The van der Waals surface area contributed by atoms with Gasteiger partial charge in [-0.25, -0.2) is 9.97 Å². The van der Waals surface area contributed by atoms with Gasteiger partial charge in [-0.15, -0.1) is 0 Å². The third kappa shape index (κ3) is 2.46. The van der Waals surface area contributed by atoms with Crippen LogP contribution in [0.3, 0.4) is 0 Å². The van der Waals surface area contributed by atoms with Gasteiger partial charge in [-0.05, 0) is 6.54 Å². The Morgan fingerprint density at radius 2 is 2.25 bits per heavy atom. The highest BCUT2D eigenvalue weighted by molar-refractivity contribution is 4.98. The average molecular weight is 220 g/mol. The zero-order valence-corrected chi connectivity index (χ0v) is 9.59. The normalized spacial score (nSPS) is 10.9. The second kappa shape index (κ2) is 4.89. The Bertz CT molecular complexity index is 444. The molecule has 16 heavy (non-hydrogen) atoms. The highest BCUT2D eigenvalue weighted by Gasteiger charge is 2.03. The van der Waals surface area contributed by atoms with Crippen LogP contribution in [0.15, 0.2) is 18.9 Å². The van der Waals surface area contributed by atoms with Crippen molar-refractivity contribution < 1.29 is 0 Å². The Kier molecular flexibility index (Phi) is 3.31. The Morgan fingerprint density at radius 3 is 2.94 bits per heavy atom. The molecule has 0 fully saturated rings. The Morgan fingerprint density at radius 1 is 1.38 bits per heavy atom.